The summed E-state index contributed by atoms with van der Waals surface area (Å²) in [6.45, 7) is 5.73. The lowest BCUT2D eigenvalue weighted by Gasteiger charge is -2.13. The van der Waals surface area contributed by atoms with Gasteiger partial charge in [-0.2, -0.15) is 5.10 Å². The fraction of sp³-hybridized carbons (Fsp3) is 0.333. The predicted octanol–water partition coefficient (Wildman–Crippen LogP) is 2.83. The summed E-state index contributed by atoms with van der Waals surface area (Å²) in [6, 6.07) is 9.56. The molecule has 0 unspecified atom stereocenters. The molecule has 7 nitrogen and oxygen atoms in total. The van der Waals surface area contributed by atoms with Crippen molar-refractivity contribution in [2.45, 2.75) is 39.7 Å². The number of rotatable bonds is 7. The van der Waals surface area contributed by atoms with E-state index in [2.05, 4.69) is 15.6 Å². The van der Waals surface area contributed by atoms with Crippen LogP contribution in [0.2, 0.25) is 0 Å². The van der Waals surface area contributed by atoms with Crippen molar-refractivity contribution in [2.75, 3.05) is 6.54 Å². The minimum absolute atomic E-state index is 0.00590. The Morgan fingerprint density at radius 1 is 1.28 bits per heavy atom. The Bertz CT molecular complexity index is 1070. The number of aromatic nitrogens is 3. The molecular weight excluding hydrogens is 375 g/mol. The molecule has 0 aliphatic heterocycles. The van der Waals surface area contributed by atoms with Crippen molar-refractivity contribution in [3.63, 3.8) is 0 Å². The predicted molar refractivity (Wildman–Crippen MR) is 106 cm³/mol. The molecule has 2 aromatic heterocycles. The number of nitrogens with zero attached hydrogens (tertiary/aromatic N) is 3. The maximum absolute atomic E-state index is 13.6. The summed E-state index contributed by atoms with van der Waals surface area (Å²) in [5.74, 6) is -0.197. The fourth-order valence-corrected chi connectivity index (χ4v) is 2.96. The zero-order valence-corrected chi connectivity index (χ0v) is 16.6. The van der Waals surface area contributed by atoms with Crippen LogP contribution in [-0.2, 0) is 17.8 Å². The van der Waals surface area contributed by atoms with Crippen LogP contribution in [0, 0.1) is 12.7 Å². The van der Waals surface area contributed by atoms with E-state index in [4.69, 9.17) is 4.52 Å². The summed E-state index contributed by atoms with van der Waals surface area (Å²) in [5.41, 5.74) is 2.02. The minimum atomic E-state index is -0.414. The van der Waals surface area contributed by atoms with Crippen molar-refractivity contribution >= 4 is 5.91 Å². The molecule has 0 aliphatic rings. The van der Waals surface area contributed by atoms with Gasteiger partial charge in [-0.3, -0.25) is 9.59 Å². The molecule has 0 radical (unpaired) electrons. The van der Waals surface area contributed by atoms with Crippen LogP contribution in [0.5, 0.6) is 0 Å². The average Bonchev–Trinajstić information content (AvgIpc) is 3.10. The topological polar surface area (TPSA) is 90.0 Å². The number of carbonyl (C=O) groups excluding carboxylic acids is 1. The molecule has 0 fully saturated rings. The Labute approximate surface area is 167 Å². The first-order chi connectivity index (χ1) is 13.8. The van der Waals surface area contributed by atoms with E-state index in [1.54, 1.807) is 31.2 Å². The van der Waals surface area contributed by atoms with E-state index in [9.17, 15) is 14.0 Å². The Kier molecular flexibility index (Phi) is 6.21. The summed E-state index contributed by atoms with van der Waals surface area (Å²) in [6.07, 6.45) is 0.363. The van der Waals surface area contributed by atoms with Gasteiger partial charge in [0.25, 0.3) is 5.56 Å². The van der Waals surface area contributed by atoms with Crippen LogP contribution in [0.25, 0.3) is 11.3 Å². The van der Waals surface area contributed by atoms with E-state index < -0.39 is 5.56 Å². The van der Waals surface area contributed by atoms with Gasteiger partial charge in [0, 0.05) is 24.2 Å². The lowest BCUT2D eigenvalue weighted by Crippen LogP contribution is -2.35. The molecule has 1 amide bonds. The first kappa shape index (κ1) is 20.4. The smallest absolute Gasteiger partial charge is 0.267 e. The van der Waals surface area contributed by atoms with E-state index in [-0.39, 0.29) is 30.7 Å². The SMILES string of the molecule is Cc1cc(-c2cc(=O)n(CC(=O)NCCc3ccccc3F)nc2C(C)C)on1. The van der Waals surface area contributed by atoms with Gasteiger partial charge in [-0.15, -0.1) is 0 Å². The first-order valence-electron chi connectivity index (χ1n) is 9.41. The van der Waals surface area contributed by atoms with Crippen LogP contribution in [-0.4, -0.2) is 27.4 Å². The van der Waals surface area contributed by atoms with Crippen molar-refractivity contribution in [3.05, 3.63) is 69.5 Å². The van der Waals surface area contributed by atoms with Crippen LogP contribution >= 0.6 is 0 Å². The molecule has 8 heteroatoms. The van der Waals surface area contributed by atoms with Crippen LogP contribution in [0.1, 0.15) is 36.7 Å². The van der Waals surface area contributed by atoms with Gasteiger partial charge in [-0.25, -0.2) is 9.07 Å². The number of hydrogen-bond acceptors (Lipinski definition) is 5. The average molecular weight is 398 g/mol. The van der Waals surface area contributed by atoms with Gasteiger partial charge < -0.3 is 9.84 Å². The highest BCUT2D eigenvalue weighted by Gasteiger charge is 2.18. The second-order valence-corrected chi connectivity index (χ2v) is 7.12. The van der Waals surface area contributed by atoms with Crippen molar-refractivity contribution in [2.24, 2.45) is 0 Å². The maximum Gasteiger partial charge on any atom is 0.267 e. The monoisotopic (exact) mass is 398 g/mol. The minimum Gasteiger partial charge on any atom is -0.356 e. The highest BCUT2D eigenvalue weighted by Crippen LogP contribution is 2.26. The second-order valence-electron chi connectivity index (χ2n) is 7.12. The highest BCUT2D eigenvalue weighted by molar-refractivity contribution is 5.75. The second kappa shape index (κ2) is 8.81. The highest BCUT2D eigenvalue weighted by atomic mass is 19.1. The van der Waals surface area contributed by atoms with Crippen LogP contribution in [0.4, 0.5) is 4.39 Å². The fourth-order valence-electron chi connectivity index (χ4n) is 2.96. The zero-order chi connectivity index (χ0) is 21.0. The van der Waals surface area contributed by atoms with Gasteiger partial charge in [0.2, 0.25) is 5.91 Å². The quantitative estimate of drug-likeness (QED) is 0.661. The molecule has 0 bridgehead atoms. The number of amides is 1. The van der Waals surface area contributed by atoms with E-state index >= 15 is 0 Å². The van der Waals surface area contributed by atoms with Gasteiger partial charge in [0.15, 0.2) is 5.76 Å². The Balaban J connectivity index is 1.72. The summed E-state index contributed by atoms with van der Waals surface area (Å²) in [4.78, 5) is 24.7. The third-order valence-corrected chi connectivity index (χ3v) is 4.43. The summed E-state index contributed by atoms with van der Waals surface area (Å²) < 4.78 is 20.0. The number of nitrogens with one attached hydrogen (secondary N) is 1. The summed E-state index contributed by atoms with van der Waals surface area (Å²) in [7, 11) is 0. The Morgan fingerprint density at radius 3 is 2.69 bits per heavy atom. The number of halogens is 1. The summed E-state index contributed by atoms with van der Waals surface area (Å²) in [5, 5.41) is 10.9. The summed E-state index contributed by atoms with van der Waals surface area (Å²) >= 11 is 0. The van der Waals surface area contributed by atoms with Crippen LogP contribution < -0.4 is 10.9 Å². The molecule has 3 rings (SSSR count). The van der Waals surface area contributed by atoms with E-state index in [1.165, 1.54) is 12.1 Å². The third-order valence-electron chi connectivity index (χ3n) is 4.43. The molecule has 3 aromatic rings. The van der Waals surface area contributed by atoms with Crippen LogP contribution in [0.3, 0.4) is 0 Å². The molecule has 1 N–H and O–H groups in total. The number of aryl methyl sites for hydroxylation is 1. The van der Waals surface area contributed by atoms with E-state index in [0.717, 1.165) is 4.68 Å². The van der Waals surface area contributed by atoms with Gasteiger partial charge in [0.05, 0.1) is 11.4 Å². The molecule has 2 heterocycles. The van der Waals surface area contributed by atoms with Crippen molar-refractivity contribution < 1.29 is 13.7 Å². The largest absolute Gasteiger partial charge is 0.356 e. The molecular formula is C21H23FN4O3. The first-order valence-corrected chi connectivity index (χ1v) is 9.41. The molecule has 152 valence electrons. The lowest BCUT2D eigenvalue weighted by atomic mass is 10.0. The normalized spacial score (nSPS) is 11.1. The molecule has 0 atom stereocenters. The molecule has 0 saturated carbocycles. The van der Waals surface area contributed by atoms with Gasteiger partial charge in [-0.1, -0.05) is 37.2 Å². The molecule has 1 aromatic carbocycles. The molecule has 29 heavy (non-hydrogen) atoms. The molecule has 0 saturated heterocycles. The standard InChI is InChI=1S/C21H23FN4O3/c1-13(2)21-16(18-10-14(3)25-29-18)11-20(28)26(24-21)12-19(27)23-9-8-15-6-4-5-7-17(15)22/h4-7,10-11,13H,8-9,12H2,1-3H3,(H,23,27). The Morgan fingerprint density at radius 2 is 2.03 bits per heavy atom. The Hall–Kier alpha value is -3.29. The molecule has 0 spiro atoms. The molecule has 0 aliphatic carbocycles. The number of hydrogen-bond donors (Lipinski definition) is 1. The third kappa shape index (κ3) is 4.96. The van der Waals surface area contributed by atoms with Crippen LogP contribution in [0.15, 0.2) is 45.7 Å². The van der Waals surface area contributed by atoms with Gasteiger partial charge in [-0.05, 0) is 30.9 Å². The van der Waals surface area contributed by atoms with E-state index in [0.29, 0.717) is 34.7 Å². The van der Waals surface area contributed by atoms with Crippen molar-refractivity contribution in [1.82, 2.24) is 20.3 Å². The number of carbonyl (C=O) groups is 1. The number of benzene rings is 1. The van der Waals surface area contributed by atoms with Gasteiger partial charge in [0.1, 0.15) is 12.4 Å². The maximum atomic E-state index is 13.6. The van der Waals surface area contributed by atoms with Crippen molar-refractivity contribution in [3.8, 4) is 11.3 Å². The zero-order valence-electron chi connectivity index (χ0n) is 16.6. The van der Waals surface area contributed by atoms with Gasteiger partial charge >= 0.3 is 0 Å². The lowest BCUT2D eigenvalue weighted by molar-refractivity contribution is -0.121. The van der Waals surface area contributed by atoms with Crippen molar-refractivity contribution in [1.29, 1.82) is 0 Å². The van der Waals surface area contributed by atoms with E-state index in [1.807, 2.05) is 13.8 Å².